The smallest absolute Gasteiger partial charge is 0.251 e. The summed E-state index contributed by atoms with van der Waals surface area (Å²) < 4.78 is 5.60. The lowest BCUT2D eigenvalue weighted by molar-refractivity contribution is 0.0947. The molecule has 0 aliphatic carbocycles. The van der Waals surface area contributed by atoms with Gasteiger partial charge in [0.1, 0.15) is 0 Å². The van der Waals surface area contributed by atoms with Crippen LogP contribution in [-0.4, -0.2) is 26.1 Å². The quantitative estimate of drug-likeness (QED) is 0.601. The Balaban J connectivity index is 1.47. The van der Waals surface area contributed by atoms with Crippen molar-refractivity contribution in [3.05, 3.63) is 71.4 Å². The van der Waals surface area contributed by atoms with Crippen LogP contribution >= 0.6 is 0 Å². The van der Waals surface area contributed by atoms with Crippen molar-refractivity contribution in [3.63, 3.8) is 0 Å². The number of nitrogens with one attached hydrogen (secondary N) is 1. The second-order valence-corrected chi connectivity index (χ2v) is 6.15. The lowest BCUT2D eigenvalue weighted by atomic mass is 10.1. The number of hydrogen-bond acceptors (Lipinski definition) is 6. The first-order valence-electron chi connectivity index (χ1n) is 8.51. The van der Waals surface area contributed by atoms with Crippen LogP contribution in [0.1, 0.15) is 27.6 Å². The van der Waals surface area contributed by atoms with Crippen LogP contribution in [0.25, 0.3) is 22.5 Å². The van der Waals surface area contributed by atoms with Crippen molar-refractivity contribution in [2.24, 2.45) is 0 Å². The summed E-state index contributed by atoms with van der Waals surface area (Å²) in [6, 6.07) is 14.7. The van der Waals surface area contributed by atoms with Crippen LogP contribution in [0.2, 0.25) is 0 Å². The average Bonchev–Trinajstić information content (AvgIpc) is 3.16. The number of benzene rings is 2. The number of nitrogens with zero attached hydrogens (tertiary/aromatic N) is 4. The minimum absolute atomic E-state index is 0.148. The van der Waals surface area contributed by atoms with Crippen LogP contribution < -0.4 is 5.32 Å². The maximum Gasteiger partial charge on any atom is 0.251 e. The van der Waals surface area contributed by atoms with Crippen LogP contribution in [-0.2, 0) is 6.54 Å². The van der Waals surface area contributed by atoms with Gasteiger partial charge in [0.25, 0.3) is 5.91 Å². The molecular formula is C20H17N5O2. The molecule has 134 valence electrons. The number of rotatable bonds is 4. The van der Waals surface area contributed by atoms with E-state index in [1.54, 1.807) is 18.2 Å². The fraction of sp³-hybridized carbons (Fsp3) is 0.150. The summed E-state index contributed by atoms with van der Waals surface area (Å²) in [6.45, 7) is 3.96. The molecule has 7 heteroatoms. The molecule has 0 radical (unpaired) electrons. The first kappa shape index (κ1) is 16.8. The predicted octanol–water partition coefficient (Wildman–Crippen LogP) is 3.23. The lowest BCUT2D eigenvalue weighted by Gasteiger charge is -2.06. The maximum absolute atomic E-state index is 12.4. The van der Waals surface area contributed by atoms with Crippen LogP contribution in [0.15, 0.2) is 52.9 Å². The molecule has 0 saturated heterocycles. The molecule has 2 aromatic heterocycles. The number of aromatic nitrogens is 4. The third-order valence-corrected chi connectivity index (χ3v) is 4.23. The van der Waals surface area contributed by atoms with Gasteiger partial charge in [-0.05, 0) is 44.2 Å². The van der Waals surface area contributed by atoms with E-state index < -0.39 is 0 Å². The van der Waals surface area contributed by atoms with E-state index in [1.165, 1.54) is 0 Å². The van der Waals surface area contributed by atoms with Crippen molar-refractivity contribution in [2.45, 2.75) is 20.4 Å². The molecule has 0 aliphatic rings. The Hall–Kier alpha value is -3.61. The Bertz CT molecular complexity index is 1120. The first-order valence-corrected chi connectivity index (χ1v) is 8.51. The van der Waals surface area contributed by atoms with Gasteiger partial charge in [0.2, 0.25) is 11.8 Å². The number of hydrogen-bond donors (Lipinski definition) is 1. The SMILES string of the molecule is Cc1nc2ccc(C(=O)NCc3nnc(-c4ccccc4)o3)cc2nc1C. The monoisotopic (exact) mass is 359 g/mol. The van der Waals surface area contributed by atoms with Gasteiger partial charge in [-0.1, -0.05) is 18.2 Å². The molecule has 0 atom stereocenters. The molecule has 0 fully saturated rings. The summed E-state index contributed by atoms with van der Waals surface area (Å²) in [5, 5.41) is 10.8. The van der Waals surface area contributed by atoms with Gasteiger partial charge in [0, 0.05) is 11.1 Å². The van der Waals surface area contributed by atoms with Crippen LogP contribution in [0.5, 0.6) is 0 Å². The fourth-order valence-corrected chi connectivity index (χ4v) is 2.65. The van der Waals surface area contributed by atoms with Gasteiger partial charge in [0.15, 0.2) is 0 Å². The Morgan fingerprint density at radius 1 is 0.963 bits per heavy atom. The number of amides is 1. The largest absolute Gasteiger partial charge is 0.419 e. The van der Waals surface area contributed by atoms with Crippen LogP contribution in [0.4, 0.5) is 0 Å². The van der Waals surface area contributed by atoms with Crippen molar-refractivity contribution in [2.75, 3.05) is 0 Å². The van der Waals surface area contributed by atoms with Gasteiger partial charge < -0.3 is 9.73 Å². The van der Waals surface area contributed by atoms with Crippen LogP contribution in [0.3, 0.4) is 0 Å². The topological polar surface area (TPSA) is 93.8 Å². The summed E-state index contributed by atoms with van der Waals surface area (Å²) in [7, 11) is 0. The Labute approximate surface area is 155 Å². The van der Waals surface area contributed by atoms with E-state index in [-0.39, 0.29) is 12.5 Å². The van der Waals surface area contributed by atoms with Gasteiger partial charge in [-0.25, -0.2) is 9.97 Å². The van der Waals surface area contributed by atoms with Crippen LogP contribution in [0, 0.1) is 13.8 Å². The van der Waals surface area contributed by atoms with Crippen molar-refractivity contribution < 1.29 is 9.21 Å². The number of aryl methyl sites for hydroxylation is 2. The molecule has 27 heavy (non-hydrogen) atoms. The molecular weight excluding hydrogens is 342 g/mol. The third-order valence-electron chi connectivity index (χ3n) is 4.23. The highest BCUT2D eigenvalue weighted by molar-refractivity contribution is 5.97. The summed E-state index contributed by atoms with van der Waals surface area (Å²) in [4.78, 5) is 21.4. The highest BCUT2D eigenvalue weighted by atomic mass is 16.4. The summed E-state index contributed by atoms with van der Waals surface area (Å²) in [5.74, 6) is 0.525. The van der Waals surface area contributed by atoms with Crippen molar-refractivity contribution in [3.8, 4) is 11.5 Å². The number of carbonyl (C=O) groups excluding carboxylic acids is 1. The van der Waals surface area contributed by atoms with E-state index in [2.05, 4.69) is 25.5 Å². The summed E-state index contributed by atoms with van der Waals surface area (Å²) >= 11 is 0. The van der Waals surface area contributed by atoms with E-state index in [9.17, 15) is 4.79 Å². The van der Waals surface area contributed by atoms with Gasteiger partial charge in [-0.15, -0.1) is 10.2 Å². The van der Waals surface area contributed by atoms with E-state index >= 15 is 0 Å². The zero-order valence-electron chi connectivity index (χ0n) is 14.9. The Kier molecular flexibility index (Phi) is 4.33. The minimum atomic E-state index is -0.239. The average molecular weight is 359 g/mol. The zero-order chi connectivity index (χ0) is 18.8. The molecule has 0 saturated carbocycles. The second-order valence-electron chi connectivity index (χ2n) is 6.15. The molecule has 0 unspecified atom stereocenters. The first-order chi connectivity index (χ1) is 13.1. The van der Waals surface area contributed by atoms with Crippen molar-refractivity contribution in [1.82, 2.24) is 25.5 Å². The normalized spacial score (nSPS) is 10.9. The van der Waals surface area contributed by atoms with Crippen molar-refractivity contribution >= 4 is 16.9 Å². The fourth-order valence-electron chi connectivity index (χ4n) is 2.65. The van der Waals surface area contributed by atoms with Gasteiger partial charge >= 0.3 is 0 Å². The molecule has 2 heterocycles. The van der Waals surface area contributed by atoms with Gasteiger partial charge in [-0.2, -0.15) is 0 Å². The van der Waals surface area contributed by atoms with E-state index in [1.807, 2.05) is 44.2 Å². The van der Waals surface area contributed by atoms with Gasteiger partial charge in [-0.3, -0.25) is 4.79 Å². The highest BCUT2D eigenvalue weighted by Gasteiger charge is 2.12. The Morgan fingerprint density at radius 3 is 2.48 bits per heavy atom. The molecule has 0 spiro atoms. The predicted molar refractivity (Wildman–Crippen MR) is 99.9 cm³/mol. The van der Waals surface area contributed by atoms with E-state index in [4.69, 9.17) is 4.42 Å². The third kappa shape index (κ3) is 3.52. The summed E-state index contributed by atoms with van der Waals surface area (Å²) in [5.41, 5.74) is 4.52. The molecule has 1 N–H and O–H groups in total. The molecule has 2 aromatic carbocycles. The Morgan fingerprint density at radius 2 is 1.70 bits per heavy atom. The van der Waals surface area contributed by atoms with Crippen molar-refractivity contribution in [1.29, 1.82) is 0 Å². The second kappa shape index (κ2) is 6.95. The molecule has 4 rings (SSSR count). The summed E-state index contributed by atoms with van der Waals surface area (Å²) in [6.07, 6.45) is 0. The zero-order valence-corrected chi connectivity index (χ0v) is 14.9. The maximum atomic E-state index is 12.4. The number of carbonyl (C=O) groups is 1. The molecule has 0 bridgehead atoms. The molecule has 0 aliphatic heterocycles. The number of fused-ring (bicyclic) bond motifs is 1. The molecule has 4 aromatic rings. The molecule has 1 amide bonds. The van der Waals surface area contributed by atoms with E-state index in [0.717, 1.165) is 22.5 Å². The van der Waals surface area contributed by atoms with E-state index in [0.29, 0.717) is 22.9 Å². The molecule has 7 nitrogen and oxygen atoms in total. The highest BCUT2D eigenvalue weighted by Crippen LogP contribution is 2.17. The lowest BCUT2D eigenvalue weighted by Crippen LogP contribution is -2.23. The van der Waals surface area contributed by atoms with Gasteiger partial charge in [0.05, 0.1) is 29.0 Å². The standard InChI is InChI=1S/C20H17N5O2/c1-12-13(2)23-17-10-15(8-9-16(17)22-12)19(26)21-11-18-24-25-20(27-18)14-6-4-3-5-7-14/h3-10H,11H2,1-2H3,(H,21,26). The minimum Gasteiger partial charge on any atom is -0.419 e.